The van der Waals surface area contributed by atoms with Gasteiger partial charge in [0.05, 0.1) is 0 Å². The lowest BCUT2D eigenvalue weighted by atomic mass is 10.0. The van der Waals surface area contributed by atoms with Crippen molar-refractivity contribution in [3.63, 3.8) is 0 Å². The molecule has 0 aromatic heterocycles. The summed E-state index contributed by atoms with van der Waals surface area (Å²) in [5.74, 6) is 0.666. The van der Waals surface area contributed by atoms with Crippen LogP contribution in [0.15, 0.2) is 24.3 Å². The van der Waals surface area contributed by atoms with Crippen LogP contribution in [-0.4, -0.2) is 30.6 Å². The number of rotatable bonds is 3. The van der Waals surface area contributed by atoms with Crippen LogP contribution in [-0.2, 0) is 0 Å². The summed E-state index contributed by atoms with van der Waals surface area (Å²) in [5, 5.41) is 4.54. The van der Waals surface area contributed by atoms with Crippen molar-refractivity contribution < 1.29 is 0 Å². The van der Waals surface area contributed by atoms with Crippen LogP contribution in [0.1, 0.15) is 38.8 Å². The van der Waals surface area contributed by atoms with Crippen molar-refractivity contribution in [1.29, 1.82) is 0 Å². The highest BCUT2D eigenvalue weighted by atomic mass is 35.5. The topological polar surface area (TPSA) is 15.3 Å². The van der Waals surface area contributed by atoms with Gasteiger partial charge in [0.15, 0.2) is 0 Å². The molecule has 1 aliphatic rings. The van der Waals surface area contributed by atoms with Crippen LogP contribution in [0.25, 0.3) is 0 Å². The molecular weight excluding hydrogens is 256 g/mol. The molecule has 1 fully saturated rings. The van der Waals surface area contributed by atoms with Gasteiger partial charge in [-0.3, -0.25) is 4.90 Å². The summed E-state index contributed by atoms with van der Waals surface area (Å²) in [5.41, 5.74) is 1.24. The number of benzene rings is 1. The van der Waals surface area contributed by atoms with Gasteiger partial charge in [-0.15, -0.1) is 0 Å². The summed E-state index contributed by atoms with van der Waals surface area (Å²) in [6.07, 6.45) is 1.21. The first-order chi connectivity index (χ1) is 9.09. The fourth-order valence-electron chi connectivity index (χ4n) is 2.79. The molecule has 1 N–H and O–H groups in total. The molecule has 0 bridgehead atoms. The highest BCUT2D eigenvalue weighted by molar-refractivity contribution is 6.31. The molecule has 1 aliphatic heterocycles. The van der Waals surface area contributed by atoms with E-state index in [1.54, 1.807) is 0 Å². The number of hydrogen-bond donors (Lipinski definition) is 1. The van der Waals surface area contributed by atoms with Gasteiger partial charge in [0.25, 0.3) is 0 Å². The molecule has 2 unspecified atom stereocenters. The second kappa shape index (κ2) is 6.74. The average molecular weight is 281 g/mol. The quantitative estimate of drug-likeness (QED) is 0.908. The number of hydrogen-bond acceptors (Lipinski definition) is 2. The molecule has 19 heavy (non-hydrogen) atoms. The zero-order chi connectivity index (χ0) is 13.8. The summed E-state index contributed by atoms with van der Waals surface area (Å²) in [4.78, 5) is 2.56. The molecule has 2 nitrogen and oxygen atoms in total. The summed E-state index contributed by atoms with van der Waals surface area (Å²) in [7, 11) is 0. The Balaban J connectivity index is 2.13. The number of nitrogens with zero attached hydrogens (tertiary/aromatic N) is 1. The standard InChI is InChI=1S/C16H25ClN2/c1-12(2)16-11-19(10-6-9-18-16)13(3)14-7-4-5-8-15(14)17/h4-5,7-8,12-13,16,18H,6,9-11H2,1-3H3. The zero-order valence-electron chi connectivity index (χ0n) is 12.2. The summed E-state index contributed by atoms with van der Waals surface area (Å²) < 4.78 is 0. The van der Waals surface area contributed by atoms with E-state index >= 15 is 0 Å². The van der Waals surface area contributed by atoms with E-state index in [-0.39, 0.29) is 0 Å². The van der Waals surface area contributed by atoms with E-state index in [4.69, 9.17) is 11.6 Å². The van der Waals surface area contributed by atoms with Gasteiger partial charge >= 0.3 is 0 Å². The van der Waals surface area contributed by atoms with Crippen molar-refractivity contribution in [2.24, 2.45) is 5.92 Å². The normalized spacial score (nSPS) is 23.3. The van der Waals surface area contributed by atoms with Crippen LogP contribution < -0.4 is 5.32 Å². The number of halogens is 1. The average Bonchev–Trinajstić information content (AvgIpc) is 2.64. The Hall–Kier alpha value is -0.570. The van der Waals surface area contributed by atoms with E-state index in [2.05, 4.69) is 43.1 Å². The van der Waals surface area contributed by atoms with E-state index < -0.39 is 0 Å². The lowest BCUT2D eigenvalue weighted by Crippen LogP contribution is -2.42. The monoisotopic (exact) mass is 280 g/mol. The van der Waals surface area contributed by atoms with E-state index in [1.165, 1.54) is 12.0 Å². The Bertz CT molecular complexity index is 405. The van der Waals surface area contributed by atoms with Crippen LogP contribution in [0, 0.1) is 5.92 Å². The fraction of sp³-hybridized carbons (Fsp3) is 0.625. The molecule has 0 spiro atoms. The maximum atomic E-state index is 6.34. The van der Waals surface area contributed by atoms with E-state index in [9.17, 15) is 0 Å². The summed E-state index contributed by atoms with van der Waals surface area (Å²) in [6.45, 7) is 10.2. The number of nitrogens with one attached hydrogen (secondary N) is 1. The van der Waals surface area contributed by atoms with Gasteiger partial charge in [-0.25, -0.2) is 0 Å². The smallest absolute Gasteiger partial charge is 0.0453 e. The lowest BCUT2D eigenvalue weighted by molar-refractivity contribution is 0.192. The Morgan fingerprint density at radius 1 is 1.26 bits per heavy atom. The van der Waals surface area contributed by atoms with Crippen molar-refractivity contribution in [2.75, 3.05) is 19.6 Å². The molecule has 0 saturated carbocycles. The third-order valence-electron chi connectivity index (χ3n) is 4.17. The predicted molar refractivity (Wildman–Crippen MR) is 82.7 cm³/mol. The third-order valence-corrected chi connectivity index (χ3v) is 4.51. The van der Waals surface area contributed by atoms with E-state index in [0.717, 1.165) is 24.7 Å². The molecule has 2 atom stereocenters. The molecule has 3 heteroatoms. The van der Waals surface area contributed by atoms with Crippen molar-refractivity contribution >= 4 is 11.6 Å². The van der Waals surface area contributed by atoms with Gasteiger partial charge in [-0.05, 0) is 37.4 Å². The Morgan fingerprint density at radius 3 is 2.68 bits per heavy atom. The second-order valence-electron chi connectivity index (χ2n) is 5.85. The van der Waals surface area contributed by atoms with E-state index in [0.29, 0.717) is 18.0 Å². The first-order valence-electron chi connectivity index (χ1n) is 7.31. The second-order valence-corrected chi connectivity index (χ2v) is 6.26. The Morgan fingerprint density at radius 2 is 2.00 bits per heavy atom. The third kappa shape index (κ3) is 3.71. The van der Waals surface area contributed by atoms with Gasteiger partial charge < -0.3 is 5.32 Å². The van der Waals surface area contributed by atoms with Crippen LogP contribution in [0.3, 0.4) is 0 Å². The molecule has 0 radical (unpaired) electrons. The van der Waals surface area contributed by atoms with Gasteiger partial charge in [0.1, 0.15) is 0 Å². The SMILES string of the molecule is CC(C)C1CN(C(C)c2ccccc2Cl)CCCN1. The molecule has 106 valence electrons. The van der Waals surface area contributed by atoms with Crippen LogP contribution in [0.2, 0.25) is 5.02 Å². The summed E-state index contributed by atoms with van der Waals surface area (Å²) in [6, 6.07) is 9.17. The Kier molecular flexibility index (Phi) is 5.26. The zero-order valence-corrected chi connectivity index (χ0v) is 13.0. The first-order valence-corrected chi connectivity index (χ1v) is 7.69. The predicted octanol–water partition coefficient (Wildman–Crippen LogP) is 3.72. The van der Waals surface area contributed by atoms with Gasteiger partial charge in [-0.2, -0.15) is 0 Å². The minimum absolute atomic E-state index is 0.384. The first kappa shape index (κ1) is 14.8. The van der Waals surface area contributed by atoms with Crippen LogP contribution in [0.4, 0.5) is 0 Å². The minimum atomic E-state index is 0.384. The highest BCUT2D eigenvalue weighted by Crippen LogP contribution is 2.28. The molecule has 1 heterocycles. The highest BCUT2D eigenvalue weighted by Gasteiger charge is 2.24. The maximum Gasteiger partial charge on any atom is 0.0453 e. The molecular formula is C16H25ClN2. The van der Waals surface area contributed by atoms with Gasteiger partial charge in [0.2, 0.25) is 0 Å². The Labute approximate surface area is 122 Å². The molecule has 0 aliphatic carbocycles. The maximum absolute atomic E-state index is 6.34. The van der Waals surface area contributed by atoms with Crippen molar-refractivity contribution in [3.05, 3.63) is 34.9 Å². The van der Waals surface area contributed by atoms with E-state index in [1.807, 2.05) is 12.1 Å². The molecule has 1 aromatic rings. The van der Waals surface area contributed by atoms with Gasteiger partial charge in [0, 0.05) is 30.2 Å². The lowest BCUT2D eigenvalue weighted by Gasteiger charge is -2.32. The van der Waals surface area contributed by atoms with Crippen molar-refractivity contribution in [1.82, 2.24) is 10.2 Å². The molecule has 1 saturated heterocycles. The summed E-state index contributed by atoms with van der Waals surface area (Å²) >= 11 is 6.34. The van der Waals surface area contributed by atoms with Crippen LogP contribution in [0.5, 0.6) is 0 Å². The van der Waals surface area contributed by atoms with Crippen molar-refractivity contribution in [2.45, 2.75) is 39.3 Å². The molecule has 2 rings (SSSR count). The van der Waals surface area contributed by atoms with Crippen molar-refractivity contribution in [3.8, 4) is 0 Å². The fourth-order valence-corrected chi connectivity index (χ4v) is 3.08. The largest absolute Gasteiger partial charge is 0.312 e. The molecule has 0 amide bonds. The molecule has 1 aromatic carbocycles. The van der Waals surface area contributed by atoms with Gasteiger partial charge in [-0.1, -0.05) is 43.6 Å². The minimum Gasteiger partial charge on any atom is -0.312 e. The van der Waals surface area contributed by atoms with Crippen LogP contribution >= 0.6 is 11.6 Å².